The fraction of sp³-hybridized carbons (Fsp3) is 0.842. The van der Waals surface area contributed by atoms with Gasteiger partial charge >= 0.3 is 0 Å². The van der Waals surface area contributed by atoms with E-state index in [1.165, 1.54) is 0 Å². The summed E-state index contributed by atoms with van der Waals surface area (Å²) in [5.41, 5.74) is 0. The number of hydrogen-bond donors (Lipinski definition) is 3. The molecule has 0 aromatic rings. The van der Waals surface area contributed by atoms with Gasteiger partial charge in [-0.25, -0.2) is 0 Å². The first-order valence-corrected chi connectivity index (χ1v) is 10.8. The summed E-state index contributed by atoms with van der Waals surface area (Å²) >= 11 is 1.65. The molecule has 3 saturated heterocycles. The molecule has 0 saturated carbocycles. The highest BCUT2D eigenvalue weighted by molar-refractivity contribution is 8.02. The van der Waals surface area contributed by atoms with E-state index < -0.39 is 28.7 Å². The van der Waals surface area contributed by atoms with Gasteiger partial charge in [0.15, 0.2) is 0 Å². The summed E-state index contributed by atoms with van der Waals surface area (Å²) in [6.45, 7) is 7.92. The first-order chi connectivity index (χ1) is 12.8. The molecule has 3 aliphatic heterocycles. The lowest BCUT2D eigenvalue weighted by Gasteiger charge is -2.36. The summed E-state index contributed by atoms with van der Waals surface area (Å²) in [5, 5.41) is 15.7. The molecule has 2 bridgehead atoms. The minimum atomic E-state index is -0.640. The fourth-order valence-electron chi connectivity index (χ4n) is 4.98. The lowest BCUT2D eigenvalue weighted by atomic mass is 9.70. The lowest BCUT2D eigenvalue weighted by molar-refractivity contribution is -0.142. The molecule has 0 radical (unpaired) electrons. The van der Waals surface area contributed by atoms with Crippen LogP contribution in [0.4, 0.5) is 0 Å². The van der Waals surface area contributed by atoms with Gasteiger partial charge in [0.05, 0.1) is 29.2 Å². The van der Waals surface area contributed by atoms with Crippen LogP contribution in [0.15, 0.2) is 0 Å². The van der Waals surface area contributed by atoms with E-state index in [-0.39, 0.29) is 35.6 Å². The van der Waals surface area contributed by atoms with E-state index in [2.05, 4.69) is 10.6 Å². The Balaban J connectivity index is 1.98. The van der Waals surface area contributed by atoms with Crippen LogP contribution in [0, 0.1) is 11.8 Å². The predicted molar refractivity (Wildman–Crippen MR) is 104 cm³/mol. The number of thioether (sulfide) groups is 1. The third kappa shape index (κ3) is 3.14. The van der Waals surface area contributed by atoms with Crippen LogP contribution in [-0.2, 0) is 14.4 Å². The van der Waals surface area contributed by atoms with E-state index >= 15 is 0 Å². The van der Waals surface area contributed by atoms with Gasteiger partial charge in [-0.3, -0.25) is 14.4 Å². The van der Waals surface area contributed by atoms with E-state index in [0.29, 0.717) is 6.54 Å². The number of nitrogens with zero attached hydrogens (tertiary/aromatic N) is 1. The number of likely N-dealkylation sites (tertiary alicyclic amines) is 1. The van der Waals surface area contributed by atoms with Crippen LogP contribution in [0.5, 0.6) is 0 Å². The molecule has 0 aromatic carbocycles. The van der Waals surface area contributed by atoms with Crippen LogP contribution in [0.3, 0.4) is 0 Å². The predicted octanol–water partition coefficient (Wildman–Crippen LogP) is 0.509. The van der Waals surface area contributed by atoms with Gasteiger partial charge in [-0.1, -0.05) is 6.92 Å². The molecule has 7 nitrogen and oxygen atoms in total. The molecule has 27 heavy (non-hydrogen) atoms. The highest BCUT2D eigenvalue weighted by Gasteiger charge is 2.73. The van der Waals surface area contributed by atoms with Crippen LogP contribution in [0.25, 0.3) is 0 Å². The Hall–Kier alpha value is -1.28. The van der Waals surface area contributed by atoms with Gasteiger partial charge in [-0.15, -0.1) is 11.8 Å². The molecule has 0 aromatic heterocycles. The molecule has 1 spiro atoms. The average Bonchev–Trinajstić information content (AvgIpc) is 3.25. The molecule has 0 aliphatic carbocycles. The maximum atomic E-state index is 13.4. The largest absolute Gasteiger partial charge is 0.394 e. The van der Waals surface area contributed by atoms with Gasteiger partial charge in [0.25, 0.3) is 0 Å². The van der Waals surface area contributed by atoms with E-state index in [4.69, 9.17) is 0 Å². The van der Waals surface area contributed by atoms with Crippen molar-refractivity contribution < 1.29 is 19.5 Å². The number of hydrogen-bond acceptors (Lipinski definition) is 5. The third-order valence-corrected chi connectivity index (χ3v) is 7.96. The number of fused-ring (bicyclic) bond motifs is 1. The van der Waals surface area contributed by atoms with Crippen LogP contribution < -0.4 is 10.6 Å². The second kappa shape index (κ2) is 7.62. The zero-order valence-electron chi connectivity index (χ0n) is 16.5. The molecular weight excluding hydrogens is 366 g/mol. The summed E-state index contributed by atoms with van der Waals surface area (Å²) in [5.74, 6) is -1.30. The minimum Gasteiger partial charge on any atom is -0.394 e. The quantitative estimate of drug-likeness (QED) is 0.581. The zero-order chi connectivity index (χ0) is 19.9. The number of amides is 3. The van der Waals surface area contributed by atoms with Crippen molar-refractivity contribution in [1.82, 2.24) is 15.5 Å². The van der Waals surface area contributed by atoms with Crippen molar-refractivity contribution >= 4 is 29.5 Å². The Bertz CT molecular complexity index is 628. The lowest BCUT2D eigenvalue weighted by Crippen LogP contribution is -2.57. The molecule has 8 heteroatoms. The molecule has 3 rings (SSSR count). The van der Waals surface area contributed by atoms with E-state index in [1.807, 2.05) is 20.8 Å². The zero-order valence-corrected chi connectivity index (χ0v) is 17.3. The SMILES string of the molecule is CCCNC(=O)[C@@H]1[C@@H]2CCC3(S2)C(C(=O)NC(C)C)N([C@H](C)CO)C(=O)[C@H]13. The molecule has 3 heterocycles. The summed E-state index contributed by atoms with van der Waals surface area (Å²) in [6.07, 6.45) is 2.43. The number of aliphatic hydroxyl groups excluding tert-OH is 1. The molecule has 3 amide bonds. The smallest absolute Gasteiger partial charge is 0.244 e. The first kappa shape index (κ1) is 20.5. The highest BCUT2D eigenvalue weighted by Crippen LogP contribution is 2.66. The summed E-state index contributed by atoms with van der Waals surface area (Å²) in [6, 6.07) is -1.14. The maximum absolute atomic E-state index is 13.4. The Morgan fingerprint density at radius 3 is 2.63 bits per heavy atom. The maximum Gasteiger partial charge on any atom is 0.244 e. The summed E-state index contributed by atoms with van der Waals surface area (Å²) in [7, 11) is 0. The topological polar surface area (TPSA) is 98.7 Å². The molecule has 2 unspecified atom stereocenters. The average molecular weight is 398 g/mol. The van der Waals surface area contributed by atoms with Gasteiger partial charge in [0, 0.05) is 17.8 Å². The van der Waals surface area contributed by atoms with Crippen LogP contribution >= 0.6 is 11.8 Å². The summed E-state index contributed by atoms with van der Waals surface area (Å²) < 4.78 is -0.571. The van der Waals surface area contributed by atoms with Crippen molar-refractivity contribution in [2.45, 2.75) is 75.1 Å². The van der Waals surface area contributed by atoms with Crippen LogP contribution in [0.2, 0.25) is 0 Å². The Morgan fingerprint density at radius 2 is 2.04 bits per heavy atom. The van der Waals surface area contributed by atoms with Gasteiger partial charge in [-0.05, 0) is 40.0 Å². The van der Waals surface area contributed by atoms with Crippen molar-refractivity contribution in [3.8, 4) is 0 Å². The Kier molecular flexibility index (Phi) is 5.77. The molecule has 6 atom stereocenters. The highest BCUT2D eigenvalue weighted by atomic mass is 32.2. The standard InChI is InChI=1S/C19H31N3O4S/c1-5-8-20-16(24)13-12-6-7-19(27-12)14(13)18(26)22(11(4)9-23)15(19)17(25)21-10(2)3/h10-15,23H,5-9H2,1-4H3,(H,20,24)(H,21,25)/t11-,12+,13-,14+,15?,19?/m1/s1. The molecule has 3 aliphatic rings. The molecule has 152 valence electrons. The van der Waals surface area contributed by atoms with Gasteiger partial charge < -0.3 is 20.6 Å². The van der Waals surface area contributed by atoms with Crippen LogP contribution in [0.1, 0.15) is 47.0 Å². The van der Waals surface area contributed by atoms with Gasteiger partial charge in [0.2, 0.25) is 17.7 Å². The second-order valence-corrected chi connectivity index (χ2v) is 9.89. The Labute approximate surface area is 165 Å². The number of carbonyl (C=O) groups is 3. The molecule has 3 fully saturated rings. The molecular formula is C19H31N3O4S. The Morgan fingerprint density at radius 1 is 1.33 bits per heavy atom. The minimum absolute atomic E-state index is 0.0402. The number of carbonyl (C=O) groups excluding carboxylic acids is 3. The van der Waals surface area contributed by atoms with Crippen LogP contribution in [-0.4, -0.2) is 69.0 Å². The van der Waals surface area contributed by atoms with Gasteiger partial charge in [0.1, 0.15) is 6.04 Å². The monoisotopic (exact) mass is 397 g/mol. The van der Waals surface area contributed by atoms with Crippen molar-refractivity contribution in [3.05, 3.63) is 0 Å². The first-order valence-electron chi connectivity index (χ1n) is 9.97. The van der Waals surface area contributed by atoms with E-state index in [1.54, 1.807) is 23.6 Å². The summed E-state index contributed by atoms with van der Waals surface area (Å²) in [4.78, 5) is 40.9. The third-order valence-electron chi connectivity index (χ3n) is 6.01. The van der Waals surface area contributed by atoms with Crippen molar-refractivity contribution in [2.24, 2.45) is 11.8 Å². The van der Waals surface area contributed by atoms with E-state index in [0.717, 1.165) is 19.3 Å². The van der Waals surface area contributed by atoms with Crippen molar-refractivity contribution in [3.63, 3.8) is 0 Å². The fourth-order valence-corrected chi connectivity index (χ4v) is 7.19. The van der Waals surface area contributed by atoms with Crippen molar-refractivity contribution in [2.75, 3.05) is 13.2 Å². The normalized spacial score (nSPS) is 35.5. The van der Waals surface area contributed by atoms with Gasteiger partial charge in [-0.2, -0.15) is 0 Å². The number of aliphatic hydroxyl groups is 1. The van der Waals surface area contributed by atoms with Crippen molar-refractivity contribution in [1.29, 1.82) is 0 Å². The second-order valence-electron chi connectivity index (χ2n) is 8.29. The number of rotatable bonds is 7. The molecule has 3 N–H and O–H groups in total. The number of nitrogens with one attached hydrogen (secondary N) is 2. The van der Waals surface area contributed by atoms with E-state index in [9.17, 15) is 19.5 Å².